The summed E-state index contributed by atoms with van der Waals surface area (Å²) in [5.41, 5.74) is 10.2. The van der Waals surface area contributed by atoms with Crippen molar-refractivity contribution in [3.63, 3.8) is 0 Å². The Bertz CT molecular complexity index is 3050. The van der Waals surface area contributed by atoms with Gasteiger partial charge in [-0.25, -0.2) is 9.97 Å². The molecule has 10 nitrogen and oxygen atoms in total. The Kier molecular flexibility index (Phi) is 18.6. The number of carbonyl (C=O) groups is 2. The van der Waals surface area contributed by atoms with E-state index in [4.69, 9.17) is 47.8 Å². The van der Waals surface area contributed by atoms with Crippen LogP contribution >= 0.6 is 23.2 Å². The second-order valence-electron chi connectivity index (χ2n) is 16.3. The highest BCUT2D eigenvalue weighted by molar-refractivity contribution is 6.33. The quantitative estimate of drug-likeness (QED) is 0.0593. The molecule has 6 aromatic carbocycles. The number of aryl methyl sites for hydroxylation is 2. The summed E-state index contributed by atoms with van der Waals surface area (Å²) in [4.78, 5) is 31.3. The number of methoxy groups -OCH3 is 1. The van der Waals surface area contributed by atoms with Gasteiger partial charge in [0, 0.05) is 49.5 Å². The van der Waals surface area contributed by atoms with Crippen LogP contribution in [0.2, 0.25) is 10.0 Å². The van der Waals surface area contributed by atoms with E-state index >= 15 is 0 Å². The molecule has 8 rings (SSSR count). The minimum absolute atomic E-state index is 0.113. The van der Waals surface area contributed by atoms with Crippen LogP contribution in [0.3, 0.4) is 0 Å². The van der Waals surface area contributed by atoms with Crippen LogP contribution in [0.4, 0.5) is 0 Å². The van der Waals surface area contributed by atoms with Gasteiger partial charge in [0.25, 0.3) is 0 Å². The molecule has 1 N–H and O–H groups in total. The molecular formula is C59H56Cl2N4O6. The van der Waals surface area contributed by atoms with E-state index in [2.05, 4.69) is 88.4 Å². The van der Waals surface area contributed by atoms with Crippen molar-refractivity contribution in [2.24, 2.45) is 0 Å². The van der Waals surface area contributed by atoms with Crippen molar-refractivity contribution in [3.8, 4) is 56.3 Å². The lowest BCUT2D eigenvalue weighted by atomic mass is 10.0. The van der Waals surface area contributed by atoms with E-state index in [1.54, 1.807) is 0 Å². The number of aliphatic carboxylic acids is 1. The first-order valence-electron chi connectivity index (χ1n) is 23.6. The first-order valence-corrected chi connectivity index (χ1v) is 24.3. The number of benzene rings is 6. The Balaban J connectivity index is 0.000000209. The minimum Gasteiger partial charge on any atom is -0.494 e. The molecule has 0 aliphatic heterocycles. The second-order valence-corrected chi connectivity index (χ2v) is 17.1. The first-order chi connectivity index (χ1) is 34.6. The van der Waals surface area contributed by atoms with Gasteiger partial charge in [0.15, 0.2) is 0 Å². The van der Waals surface area contributed by atoms with E-state index in [-0.39, 0.29) is 12.4 Å². The van der Waals surface area contributed by atoms with Crippen LogP contribution in [0.15, 0.2) is 158 Å². The molecule has 0 saturated carbocycles. The summed E-state index contributed by atoms with van der Waals surface area (Å²) in [5.74, 6) is 2.26. The molecule has 0 aliphatic rings. The molecule has 2 heterocycles. The van der Waals surface area contributed by atoms with Crippen LogP contribution in [0.5, 0.6) is 11.5 Å². The zero-order chi connectivity index (χ0) is 50.0. The summed E-state index contributed by atoms with van der Waals surface area (Å²) in [6.45, 7) is 6.70. The van der Waals surface area contributed by atoms with E-state index in [9.17, 15) is 9.59 Å². The zero-order valence-electron chi connectivity index (χ0n) is 40.0. The van der Waals surface area contributed by atoms with Crippen molar-refractivity contribution in [1.82, 2.24) is 19.1 Å². The molecule has 0 aliphatic carbocycles. The van der Waals surface area contributed by atoms with E-state index < -0.39 is 5.97 Å². The number of rotatable bonds is 20. The summed E-state index contributed by atoms with van der Waals surface area (Å²) < 4.78 is 20.2. The molecule has 2 aromatic heterocycles. The third-order valence-electron chi connectivity index (χ3n) is 11.5. The third kappa shape index (κ3) is 14.7. The Morgan fingerprint density at radius 3 is 1.28 bits per heavy atom. The first kappa shape index (κ1) is 51.2. The maximum Gasteiger partial charge on any atom is 0.305 e. The Hall–Kier alpha value is -7.66. The molecule has 0 bridgehead atoms. The molecular weight excluding hydrogens is 932 g/mol. The number of ether oxygens (including phenoxy) is 3. The number of carboxylic acid groups (broad SMARTS) is 1. The monoisotopic (exact) mass is 986 g/mol. The van der Waals surface area contributed by atoms with Crippen LogP contribution in [-0.4, -0.2) is 56.5 Å². The van der Waals surface area contributed by atoms with Gasteiger partial charge in [-0.1, -0.05) is 145 Å². The molecule has 8 aromatic rings. The average molecular weight is 988 g/mol. The van der Waals surface area contributed by atoms with Crippen LogP contribution in [-0.2, 0) is 27.4 Å². The molecule has 0 amide bonds. The molecule has 0 unspecified atom stereocenters. The van der Waals surface area contributed by atoms with Gasteiger partial charge in [0.2, 0.25) is 0 Å². The van der Waals surface area contributed by atoms with Gasteiger partial charge < -0.3 is 28.5 Å². The van der Waals surface area contributed by atoms with E-state index in [1.165, 1.54) is 7.11 Å². The minimum atomic E-state index is -0.806. The van der Waals surface area contributed by atoms with Crippen molar-refractivity contribution in [2.75, 3.05) is 20.3 Å². The summed E-state index contributed by atoms with van der Waals surface area (Å²) in [5, 5.41) is 10.1. The molecule has 0 spiro atoms. The Labute approximate surface area is 425 Å². The van der Waals surface area contributed by atoms with Gasteiger partial charge in [0.1, 0.15) is 23.1 Å². The number of esters is 1. The van der Waals surface area contributed by atoms with Gasteiger partial charge >= 0.3 is 11.9 Å². The highest BCUT2D eigenvalue weighted by Gasteiger charge is 2.12. The summed E-state index contributed by atoms with van der Waals surface area (Å²) >= 11 is 12.7. The Morgan fingerprint density at radius 2 is 0.915 bits per heavy atom. The largest absolute Gasteiger partial charge is 0.494 e. The van der Waals surface area contributed by atoms with Crippen LogP contribution < -0.4 is 9.47 Å². The molecule has 12 heteroatoms. The number of nitrogens with zero attached hydrogens (tertiary/aromatic N) is 4. The highest BCUT2D eigenvalue weighted by Crippen LogP contribution is 2.30. The maximum atomic E-state index is 11.2. The lowest BCUT2D eigenvalue weighted by Crippen LogP contribution is -2.04. The number of hydrogen-bond acceptors (Lipinski definition) is 7. The number of carbonyl (C=O) groups excluding carboxylic acids is 1. The lowest BCUT2D eigenvalue weighted by Gasteiger charge is -2.07. The van der Waals surface area contributed by atoms with Crippen molar-refractivity contribution >= 4 is 59.4 Å². The third-order valence-corrected chi connectivity index (χ3v) is 12.1. The maximum absolute atomic E-state index is 11.2. The second kappa shape index (κ2) is 25.8. The van der Waals surface area contributed by atoms with Crippen LogP contribution in [0.25, 0.3) is 69.1 Å². The molecule has 71 heavy (non-hydrogen) atoms. The zero-order valence-corrected chi connectivity index (χ0v) is 41.5. The van der Waals surface area contributed by atoms with E-state index in [0.717, 1.165) is 92.1 Å². The van der Waals surface area contributed by atoms with E-state index in [1.807, 2.05) is 122 Å². The SMILES string of the molecule is CCn1cc(-c2ccccc2Cl)nc1C=Cc1ccc(-c2ccc(OCCCC(=O)O)cc2)cc1.CCn1cc(-c2ccccc2Cl)nc1C=Cc1ccc(-c2ccc(OCCCC(=O)OC)cc2)cc1. The van der Waals surface area contributed by atoms with Crippen molar-refractivity contribution in [3.05, 3.63) is 191 Å². The molecule has 0 saturated heterocycles. The standard InChI is InChI=1S/C30H29ClN2O3.C29H27ClN2O3/c1-3-33-21-28(26-7-4-5-8-27(26)31)32-29(33)19-12-22-10-13-23(14-11-22)24-15-17-25(18-16-24)36-20-6-9-30(34)35-2;1-2-32-20-27(25-6-3-4-7-26(25)30)31-28(32)18-11-21-9-12-22(13-10-21)23-14-16-24(17-15-23)35-19-5-8-29(33)34/h4-5,7-8,10-19,21H,3,6,9,20H2,1-2H3;3-4,6-7,9-18,20H,2,5,8,19H2,1H3,(H,33,34). The Morgan fingerprint density at radius 1 is 0.535 bits per heavy atom. The molecule has 0 atom stereocenters. The van der Waals surface area contributed by atoms with Crippen molar-refractivity contribution in [2.45, 2.75) is 52.6 Å². The fraction of sp³-hybridized carbons (Fsp3) is 0.186. The number of imidazole rings is 2. The van der Waals surface area contributed by atoms with Crippen LogP contribution in [0, 0.1) is 0 Å². The van der Waals surface area contributed by atoms with Gasteiger partial charge in [-0.15, -0.1) is 0 Å². The van der Waals surface area contributed by atoms with E-state index in [0.29, 0.717) is 42.5 Å². The fourth-order valence-corrected chi connectivity index (χ4v) is 8.02. The average Bonchev–Trinajstić information content (AvgIpc) is 4.02. The fourth-order valence-electron chi connectivity index (χ4n) is 7.55. The molecule has 362 valence electrons. The topological polar surface area (TPSA) is 118 Å². The predicted molar refractivity (Wildman–Crippen MR) is 287 cm³/mol. The highest BCUT2D eigenvalue weighted by atomic mass is 35.5. The molecule has 0 fully saturated rings. The molecule has 0 radical (unpaired) electrons. The summed E-state index contributed by atoms with van der Waals surface area (Å²) in [6.07, 6.45) is 13.8. The van der Waals surface area contributed by atoms with Gasteiger partial charge in [0.05, 0.1) is 41.8 Å². The number of hydrogen-bond donors (Lipinski definition) is 1. The summed E-state index contributed by atoms with van der Waals surface area (Å²) in [6, 6.07) is 48.0. The number of aromatic nitrogens is 4. The van der Waals surface area contributed by atoms with Crippen molar-refractivity contribution in [1.29, 1.82) is 0 Å². The summed E-state index contributed by atoms with van der Waals surface area (Å²) in [7, 11) is 1.39. The lowest BCUT2D eigenvalue weighted by molar-refractivity contribution is -0.141. The smallest absolute Gasteiger partial charge is 0.305 e. The van der Waals surface area contributed by atoms with Crippen molar-refractivity contribution < 1.29 is 28.9 Å². The van der Waals surface area contributed by atoms with Gasteiger partial charge in [-0.2, -0.15) is 0 Å². The van der Waals surface area contributed by atoms with Gasteiger partial charge in [-0.3, -0.25) is 9.59 Å². The number of carboxylic acids is 1. The van der Waals surface area contributed by atoms with Crippen LogP contribution in [0.1, 0.15) is 62.3 Å². The van der Waals surface area contributed by atoms with Gasteiger partial charge in [-0.05, 0) is 109 Å². The normalized spacial score (nSPS) is 11.1. The number of halogens is 2. The predicted octanol–water partition coefficient (Wildman–Crippen LogP) is 14.7.